The van der Waals surface area contributed by atoms with Crippen molar-refractivity contribution in [2.45, 2.75) is 13.0 Å². The van der Waals surface area contributed by atoms with Gasteiger partial charge in [-0.05, 0) is 29.7 Å². The number of anilines is 2. The summed E-state index contributed by atoms with van der Waals surface area (Å²) in [5, 5.41) is 0. The van der Waals surface area contributed by atoms with Crippen molar-refractivity contribution in [2.75, 3.05) is 17.2 Å². The summed E-state index contributed by atoms with van der Waals surface area (Å²) in [6.07, 6.45) is 4.05. The summed E-state index contributed by atoms with van der Waals surface area (Å²) < 4.78 is 0. The molecule has 5 heteroatoms. The van der Waals surface area contributed by atoms with Crippen LogP contribution in [0.15, 0.2) is 35.4 Å². The molecule has 18 heavy (non-hydrogen) atoms. The minimum absolute atomic E-state index is 0.148. The number of benzene rings is 1. The zero-order valence-electron chi connectivity index (χ0n) is 9.89. The van der Waals surface area contributed by atoms with E-state index < -0.39 is 0 Å². The van der Waals surface area contributed by atoms with Crippen molar-refractivity contribution < 1.29 is 0 Å². The van der Waals surface area contributed by atoms with Gasteiger partial charge in [-0.25, -0.2) is 4.98 Å². The number of nitrogens with zero attached hydrogens (tertiary/aromatic N) is 2. The van der Waals surface area contributed by atoms with Crippen molar-refractivity contribution in [1.29, 1.82) is 0 Å². The van der Waals surface area contributed by atoms with E-state index in [-0.39, 0.29) is 5.56 Å². The number of nitrogens with two attached hydrogens (primary N) is 1. The first-order valence-electron chi connectivity index (χ1n) is 5.90. The van der Waals surface area contributed by atoms with E-state index in [1.165, 1.54) is 11.1 Å². The first kappa shape index (κ1) is 10.8. The number of rotatable bonds is 1. The molecule has 0 aliphatic carbocycles. The first-order valence-corrected chi connectivity index (χ1v) is 5.90. The topological polar surface area (TPSA) is 75.0 Å². The third kappa shape index (κ3) is 1.84. The predicted molar refractivity (Wildman–Crippen MR) is 70.5 cm³/mol. The van der Waals surface area contributed by atoms with Gasteiger partial charge in [0.2, 0.25) is 0 Å². The van der Waals surface area contributed by atoms with Crippen LogP contribution in [0.5, 0.6) is 0 Å². The number of aromatic nitrogens is 2. The first-order chi connectivity index (χ1) is 8.74. The summed E-state index contributed by atoms with van der Waals surface area (Å²) in [6.45, 7) is 1.48. The molecular weight excluding hydrogens is 228 g/mol. The van der Waals surface area contributed by atoms with E-state index in [2.05, 4.69) is 16.0 Å². The molecule has 2 heterocycles. The molecule has 0 saturated carbocycles. The van der Waals surface area contributed by atoms with Crippen LogP contribution in [0, 0.1) is 0 Å². The summed E-state index contributed by atoms with van der Waals surface area (Å²) in [5.41, 5.74) is 8.87. The van der Waals surface area contributed by atoms with Gasteiger partial charge in [0.1, 0.15) is 0 Å². The van der Waals surface area contributed by atoms with E-state index in [9.17, 15) is 4.79 Å². The highest BCUT2D eigenvalue weighted by atomic mass is 16.1. The number of aromatic amines is 1. The lowest BCUT2D eigenvalue weighted by atomic mass is 9.99. The Balaban J connectivity index is 1.96. The Morgan fingerprint density at radius 1 is 1.33 bits per heavy atom. The van der Waals surface area contributed by atoms with E-state index >= 15 is 0 Å². The molecule has 1 aliphatic rings. The Morgan fingerprint density at radius 2 is 2.22 bits per heavy atom. The van der Waals surface area contributed by atoms with Crippen molar-refractivity contribution in [2.24, 2.45) is 0 Å². The lowest BCUT2D eigenvalue weighted by Gasteiger charge is -2.29. The van der Waals surface area contributed by atoms with Crippen LogP contribution in [0.1, 0.15) is 11.1 Å². The molecule has 2 aromatic rings. The monoisotopic (exact) mass is 242 g/mol. The average Bonchev–Trinajstić information content (AvgIpc) is 2.38. The molecule has 0 amide bonds. The third-order valence-corrected chi connectivity index (χ3v) is 3.23. The highest BCUT2D eigenvalue weighted by Gasteiger charge is 2.19. The van der Waals surface area contributed by atoms with E-state index in [4.69, 9.17) is 5.73 Å². The molecule has 5 nitrogen and oxygen atoms in total. The molecule has 92 valence electrons. The summed E-state index contributed by atoms with van der Waals surface area (Å²) in [4.78, 5) is 20.5. The minimum atomic E-state index is -0.148. The Bertz CT molecular complexity index is 635. The molecule has 1 aromatic heterocycles. The van der Waals surface area contributed by atoms with Crippen LogP contribution in [-0.4, -0.2) is 16.5 Å². The van der Waals surface area contributed by atoms with Gasteiger partial charge in [-0.2, -0.15) is 0 Å². The number of H-pyrrole nitrogens is 1. The van der Waals surface area contributed by atoms with Crippen molar-refractivity contribution in [1.82, 2.24) is 9.97 Å². The lowest BCUT2D eigenvalue weighted by Crippen LogP contribution is -2.35. The van der Waals surface area contributed by atoms with Gasteiger partial charge in [0.25, 0.3) is 5.56 Å². The van der Waals surface area contributed by atoms with Crippen LogP contribution < -0.4 is 16.2 Å². The number of fused-ring (bicyclic) bond motifs is 1. The van der Waals surface area contributed by atoms with Crippen molar-refractivity contribution in [3.63, 3.8) is 0 Å². The zero-order valence-corrected chi connectivity index (χ0v) is 9.89. The second-order valence-corrected chi connectivity index (χ2v) is 4.44. The van der Waals surface area contributed by atoms with Crippen molar-refractivity contribution in [3.05, 3.63) is 52.1 Å². The van der Waals surface area contributed by atoms with Gasteiger partial charge in [0.05, 0.1) is 0 Å². The van der Waals surface area contributed by atoms with Gasteiger partial charge < -0.3 is 15.6 Å². The van der Waals surface area contributed by atoms with Crippen LogP contribution >= 0.6 is 0 Å². The summed E-state index contributed by atoms with van der Waals surface area (Å²) >= 11 is 0. The van der Waals surface area contributed by atoms with Crippen LogP contribution in [0.4, 0.5) is 11.5 Å². The predicted octanol–water partition coefficient (Wildman–Crippen LogP) is 0.915. The molecule has 1 aliphatic heterocycles. The minimum Gasteiger partial charge on any atom is -0.399 e. The maximum Gasteiger partial charge on any atom is 0.290 e. The molecule has 0 unspecified atom stereocenters. The van der Waals surface area contributed by atoms with E-state index in [1.807, 2.05) is 17.0 Å². The molecule has 0 saturated heterocycles. The third-order valence-electron chi connectivity index (χ3n) is 3.23. The summed E-state index contributed by atoms with van der Waals surface area (Å²) in [7, 11) is 0. The number of nitrogen functional groups attached to an aromatic ring is 1. The number of nitrogens with one attached hydrogen (secondary N) is 1. The molecule has 0 atom stereocenters. The number of hydrogen-bond donors (Lipinski definition) is 2. The molecule has 0 radical (unpaired) electrons. The van der Waals surface area contributed by atoms with Gasteiger partial charge in [-0.3, -0.25) is 4.79 Å². The fraction of sp³-hybridized carbons (Fsp3) is 0.231. The Kier molecular flexibility index (Phi) is 2.51. The second kappa shape index (κ2) is 4.18. The molecular formula is C13H14N4O. The Morgan fingerprint density at radius 3 is 3.06 bits per heavy atom. The van der Waals surface area contributed by atoms with Gasteiger partial charge in [-0.15, -0.1) is 0 Å². The van der Waals surface area contributed by atoms with Crippen LogP contribution in [0.25, 0.3) is 0 Å². The maximum atomic E-state index is 11.7. The normalized spacial score (nSPS) is 14.3. The maximum absolute atomic E-state index is 11.7. The van der Waals surface area contributed by atoms with Crippen LogP contribution in [0.3, 0.4) is 0 Å². The van der Waals surface area contributed by atoms with Gasteiger partial charge in [0, 0.05) is 31.2 Å². The molecule has 0 bridgehead atoms. The fourth-order valence-corrected chi connectivity index (χ4v) is 2.33. The molecule has 3 N–H and O–H groups in total. The average molecular weight is 242 g/mol. The van der Waals surface area contributed by atoms with Crippen molar-refractivity contribution in [3.8, 4) is 0 Å². The van der Waals surface area contributed by atoms with Crippen LogP contribution in [-0.2, 0) is 13.0 Å². The summed E-state index contributed by atoms with van der Waals surface area (Å²) in [6, 6.07) is 5.95. The highest BCUT2D eigenvalue weighted by molar-refractivity contribution is 5.49. The largest absolute Gasteiger partial charge is 0.399 e. The van der Waals surface area contributed by atoms with Gasteiger partial charge >= 0.3 is 0 Å². The molecule has 1 aromatic carbocycles. The van der Waals surface area contributed by atoms with Crippen molar-refractivity contribution >= 4 is 11.5 Å². The lowest BCUT2D eigenvalue weighted by molar-refractivity contribution is 0.715. The smallest absolute Gasteiger partial charge is 0.290 e. The van der Waals surface area contributed by atoms with E-state index in [0.717, 1.165) is 18.7 Å². The van der Waals surface area contributed by atoms with Gasteiger partial charge in [-0.1, -0.05) is 6.07 Å². The standard InChI is InChI=1S/C13H14N4O/c14-11-2-1-9-3-6-17(8-10(9)7-11)12-13(18)16-5-4-15-12/h1-2,4-5,7H,3,6,8,14H2,(H,16,18). The SMILES string of the molecule is Nc1ccc2c(c1)CN(c1ncc[nH]c1=O)CC2. The molecule has 0 fully saturated rings. The van der Waals surface area contributed by atoms with Crippen LogP contribution in [0.2, 0.25) is 0 Å². The fourth-order valence-electron chi connectivity index (χ4n) is 2.33. The van der Waals surface area contributed by atoms with Gasteiger partial charge in [0.15, 0.2) is 5.82 Å². The van der Waals surface area contributed by atoms with E-state index in [1.54, 1.807) is 12.4 Å². The zero-order chi connectivity index (χ0) is 12.5. The summed E-state index contributed by atoms with van der Waals surface area (Å²) in [5.74, 6) is 0.477. The Labute approximate surface area is 104 Å². The second-order valence-electron chi connectivity index (χ2n) is 4.44. The highest BCUT2D eigenvalue weighted by Crippen LogP contribution is 2.22. The molecule has 0 spiro atoms. The number of hydrogen-bond acceptors (Lipinski definition) is 4. The van der Waals surface area contributed by atoms with E-state index in [0.29, 0.717) is 12.4 Å². The quantitative estimate of drug-likeness (QED) is 0.729. The molecule has 3 rings (SSSR count). The Hall–Kier alpha value is -2.30.